The molecule has 0 saturated carbocycles. The maximum absolute atomic E-state index is 12.3. The molecular formula is C17H18ClNO3. The van der Waals surface area contributed by atoms with Gasteiger partial charge in [0.05, 0.1) is 7.11 Å². The molecule has 1 N–H and O–H groups in total. The number of nitrogens with one attached hydrogen (secondary N) is 1. The molecule has 0 heterocycles. The van der Waals surface area contributed by atoms with Crippen LogP contribution in [0.1, 0.15) is 13.3 Å². The average Bonchev–Trinajstić information content (AvgIpc) is 2.52. The average molecular weight is 320 g/mol. The van der Waals surface area contributed by atoms with E-state index >= 15 is 0 Å². The van der Waals surface area contributed by atoms with Crippen LogP contribution in [-0.2, 0) is 4.79 Å². The summed E-state index contributed by atoms with van der Waals surface area (Å²) in [6.45, 7) is 1.89. The predicted molar refractivity (Wildman–Crippen MR) is 87.8 cm³/mol. The van der Waals surface area contributed by atoms with Crippen LogP contribution in [0.3, 0.4) is 0 Å². The number of methoxy groups -OCH3 is 1. The lowest BCUT2D eigenvalue weighted by molar-refractivity contribution is -0.122. The normalized spacial score (nSPS) is 11.6. The first kappa shape index (κ1) is 16.2. The van der Waals surface area contributed by atoms with Crippen molar-refractivity contribution in [3.63, 3.8) is 0 Å². The SMILES string of the molecule is CCC(Oc1ccccc1OC)C(=O)Nc1cccc(Cl)c1. The van der Waals surface area contributed by atoms with Gasteiger partial charge in [-0.05, 0) is 36.8 Å². The van der Waals surface area contributed by atoms with Crippen molar-refractivity contribution in [3.8, 4) is 11.5 Å². The van der Waals surface area contributed by atoms with Gasteiger partial charge >= 0.3 is 0 Å². The highest BCUT2D eigenvalue weighted by Gasteiger charge is 2.20. The Hall–Kier alpha value is -2.20. The molecule has 1 amide bonds. The lowest BCUT2D eigenvalue weighted by atomic mass is 10.2. The van der Waals surface area contributed by atoms with E-state index in [0.717, 1.165) is 0 Å². The van der Waals surface area contributed by atoms with Crippen LogP contribution in [0.25, 0.3) is 0 Å². The Morgan fingerprint density at radius 3 is 2.55 bits per heavy atom. The first-order chi connectivity index (χ1) is 10.6. The Bertz CT molecular complexity index is 645. The van der Waals surface area contributed by atoms with Crippen LogP contribution in [0.2, 0.25) is 5.02 Å². The van der Waals surface area contributed by atoms with Crippen molar-refractivity contribution in [2.24, 2.45) is 0 Å². The number of carbonyl (C=O) groups is 1. The highest BCUT2D eigenvalue weighted by molar-refractivity contribution is 6.30. The molecule has 0 aromatic heterocycles. The summed E-state index contributed by atoms with van der Waals surface area (Å²) in [5.41, 5.74) is 0.638. The Morgan fingerprint density at radius 2 is 1.91 bits per heavy atom. The van der Waals surface area contributed by atoms with Crippen molar-refractivity contribution < 1.29 is 14.3 Å². The van der Waals surface area contributed by atoms with Gasteiger partial charge in [0, 0.05) is 10.7 Å². The second-order valence-electron chi connectivity index (χ2n) is 4.67. The number of amides is 1. The van der Waals surface area contributed by atoms with Gasteiger partial charge in [0.25, 0.3) is 5.91 Å². The maximum atomic E-state index is 12.3. The molecule has 2 aromatic rings. The minimum absolute atomic E-state index is 0.226. The molecule has 5 heteroatoms. The highest BCUT2D eigenvalue weighted by Crippen LogP contribution is 2.27. The number of hydrogen-bond donors (Lipinski definition) is 1. The van der Waals surface area contributed by atoms with E-state index in [1.807, 2.05) is 19.1 Å². The monoisotopic (exact) mass is 319 g/mol. The molecule has 0 spiro atoms. The zero-order chi connectivity index (χ0) is 15.9. The van der Waals surface area contributed by atoms with Gasteiger partial charge in [-0.1, -0.05) is 36.7 Å². The van der Waals surface area contributed by atoms with Gasteiger partial charge < -0.3 is 14.8 Å². The second kappa shape index (κ2) is 7.71. The number of hydrogen-bond acceptors (Lipinski definition) is 3. The summed E-state index contributed by atoms with van der Waals surface area (Å²) in [6, 6.07) is 14.2. The van der Waals surface area contributed by atoms with E-state index in [1.165, 1.54) is 0 Å². The summed E-state index contributed by atoms with van der Waals surface area (Å²) in [7, 11) is 1.56. The van der Waals surface area contributed by atoms with Crippen LogP contribution >= 0.6 is 11.6 Å². The van der Waals surface area contributed by atoms with E-state index in [4.69, 9.17) is 21.1 Å². The Labute approximate surface area is 135 Å². The van der Waals surface area contributed by atoms with Crippen LogP contribution in [-0.4, -0.2) is 19.1 Å². The Balaban J connectivity index is 2.09. The molecular weight excluding hydrogens is 302 g/mol. The summed E-state index contributed by atoms with van der Waals surface area (Å²) in [6.07, 6.45) is -0.0833. The molecule has 0 bridgehead atoms. The van der Waals surface area contributed by atoms with Gasteiger partial charge in [-0.15, -0.1) is 0 Å². The van der Waals surface area contributed by atoms with Crippen LogP contribution in [0, 0.1) is 0 Å². The first-order valence-electron chi connectivity index (χ1n) is 7.00. The molecule has 0 aliphatic heterocycles. The maximum Gasteiger partial charge on any atom is 0.265 e. The number of anilines is 1. The summed E-state index contributed by atoms with van der Waals surface area (Å²) in [4.78, 5) is 12.3. The van der Waals surface area contributed by atoms with E-state index in [9.17, 15) is 4.79 Å². The minimum Gasteiger partial charge on any atom is -0.493 e. The van der Waals surface area contributed by atoms with Crippen LogP contribution < -0.4 is 14.8 Å². The molecule has 0 aliphatic carbocycles. The quantitative estimate of drug-likeness (QED) is 0.870. The number of benzene rings is 2. The Morgan fingerprint density at radius 1 is 1.18 bits per heavy atom. The van der Waals surface area contributed by atoms with Gasteiger partial charge in [0.15, 0.2) is 17.6 Å². The first-order valence-corrected chi connectivity index (χ1v) is 7.38. The topological polar surface area (TPSA) is 47.6 Å². The number of halogens is 1. The van der Waals surface area contributed by atoms with Crippen LogP contribution in [0.15, 0.2) is 48.5 Å². The van der Waals surface area contributed by atoms with Crippen LogP contribution in [0.4, 0.5) is 5.69 Å². The van der Waals surface area contributed by atoms with Gasteiger partial charge in [0.1, 0.15) is 0 Å². The Kier molecular flexibility index (Phi) is 5.67. The van der Waals surface area contributed by atoms with E-state index in [-0.39, 0.29) is 5.91 Å². The van der Waals surface area contributed by atoms with Crippen molar-refractivity contribution >= 4 is 23.2 Å². The van der Waals surface area contributed by atoms with Crippen molar-refractivity contribution in [1.29, 1.82) is 0 Å². The van der Waals surface area contributed by atoms with Gasteiger partial charge in [-0.3, -0.25) is 4.79 Å². The third kappa shape index (κ3) is 4.15. The fraction of sp³-hybridized carbons (Fsp3) is 0.235. The third-order valence-electron chi connectivity index (χ3n) is 3.09. The highest BCUT2D eigenvalue weighted by atomic mass is 35.5. The summed E-state index contributed by atoms with van der Waals surface area (Å²) < 4.78 is 11.0. The molecule has 2 aromatic carbocycles. The molecule has 1 atom stereocenters. The fourth-order valence-electron chi connectivity index (χ4n) is 1.98. The summed E-state index contributed by atoms with van der Waals surface area (Å²) in [5, 5.41) is 3.37. The molecule has 116 valence electrons. The summed E-state index contributed by atoms with van der Waals surface area (Å²) in [5.74, 6) is 0.908. The zero-order valence-corrected chi connectivity index (χ0v) is 13.3. The number of rotatable bonds is 6. The van der Waals surface area contributed by atoms with Crippen LogP contribution in [0.5, 0.6) is 11.5 Å². The number of carbonyl (C=O) groups excluding carboxylic acids is 1. The van der Waals surface area contributed by atoms with Crippen molar-refractivity contribution in [2.45, 2.75) is 19.4 Å². The molecule has 4 nitrogen and oxygen atoms in total. The molecule has 0 fully saturated rings. The van der Waals surface area contributed by atoms with E-state index in [0.29, 0.717) is 28.6 Å². The zero-order valence-electron chi connectivity index (χ0n) is 12.5. The molecule has 0 radical (unpaired) electrons. The smallest absolute Gasteiger partial charge is 0.265 e. The number of ether oxygens (including phenoxy) is 2. The van der Waals surface area contributed by atoms with Crippen molar-refractivity contribution in [2.75, 3.05) is 12.4 Å². The van der Waals surface area contributed by atoms with Gasteiger partial charge in [0.2, 0.25) is 0 Å². The van der Waals surface area contributed by atoms with Crippen molar-refractivity contribution in [1.82, 2.24) is 0 Å². The van der Waals surface area contributed by atoms with Crippen molar-refractivity contribution in [3.05, 3.63) is 53.6 Å². The van der Waals surface area contributed by atoms with Gasteiger partial charge in [-0.25, -0.2) is 0 Å². The molecule has 2 rings (SSSR count). The lowest BCUT2D eigenvalue weighted by Crippen LogP contribution is -2.32. The van der Waals surface area contributed by atoms with Gasteiger partial charge in [-0.2, -0.15) is 0 Å². The van der Waals surface area contributed by atoms with E-state index < -0.39 is 6.10 Å². The third-order valence-corrected chi connectivity index (χ3v) is 3.33. The lowest BCUT2D eigenvalue weighted by Gasteiger charge is -2.18. The number of para-hydroxylation sites is 2. The fourth-order valence-corrected chi connectivity index (χ4v) is 2.17. The molecule has 1 unspecified atom stereocenters. The van der Waals surface area contributed by atoms with E-state index in [1.54, 1.807) is 43.5 Å². The minimum atomic E-state index is -0.615. The predicted octanol–water partition coefficient (Wildman–Crippen LogP) is 4.14. The molecule has 0 aliphatic rings. The second-order valence-corrected chi connectivity index (χ2v) is 5.10. The van der Waals surface area contributed by atoms with E-state index in [2.05, 4.69) is 5.32 Å². The standard InChI is InChI=1S/C17H18ClNO3/c1-3-14(22-16-10-5-4-9-15(16)21-2)17(20)19-13-8-6-7-12(18)11-13/h4-11,14H,3H2,1-2H3,(H,19,20). The molecule has 0 saturated heterocycles. The molecule has 22 heavy (non-hydrogen) atoms. The largest absolute Gasteiger partial charge is 0.493 e. The summed E-state index contributed by atoms with van der Waals surface area (Å²) >= 11 is 5.91.